The summed E-state index contributed by atoms with van der Waals surface area (Å²) in [6, 6.07) is 0. The third kappa shape index (κ3) is 3.20. The standard InChI is InChI=1S/C12H23NO2/c1-9(2)11(8-14)12(15)13(3)7-10-5-4-6-10/h9-11,14H,4-8H2,1-3H3. The number of aliphatic hydroxyl groups is 1. The molecule has 0 aromatic heterocycles. The first kappa shape index (κ1) is 12.5. The van der Waals surface area contributed by atoms with E-state index >= 15 is 0 Å². The van der Waals surface area contributed by atoms with Gasteiger partial charge in [-0.25, -0.2) is 0 Å². The van der Waals surface area contributed by atoms with Gasteiger partial charge in [0.05, 0.1) is 12.5 Å². The fourth-order valence-corrected chi connectivity index (χ4v) is 2.01. The molecule has 3 nitrogen and oxygen atoms in total. The molecular weight excluding hydrogens is 190 g/mol. The molecule has 1 rings (SSSR count). The Labute approximate surface area is 92.5 Å². The summed E-state index contributed by atoms with van der Waals surface area (Å²) in [4.78, 5) is 13.8. The largest absolute Gasteiger partial charge is 0.396 e. The van der Waals surface area contributed by atoms with E-state index < -0.39 is 0 Å². The van der Waals surface area contributed by atoms with Crippen molar-refractivity contribution in [2.45, 2.75) is 33.1 Å². The van der Waals surface area contributed by atoms with Gasteiger partial charge in [-0.15, -0.1) is 0 Å². The molecule has 0 bridgehead atoms. The Morgan fingerprint density at radius 3 is 2.40 bits per heavy atom. The van der Waals surface area contributed by atoms with Crippen LogP contribution in [0.5, 0.6) is 0 Å². The van der Waals surface area contributed by atoms with Crippen molar-refractivity contribution in [3.8, 4) is 0 Å². The van der Waals surface area contributed by atoms with Gasteiger partial charge in [0.25, 0.3) is 0 Å². The van der Waals surface area contributed by atoms with Crippen LogP contribution >= 0.6 is 0 Å². The summed E-state index contributed by atoms with van der Waals surface area (Å²) < 4.78 is 0. The van der Waals surface area contributed by atoms with Crippen LogP contribution in [0.4, 0.5) is 0 Å². The Hall–Kier alpha value is -0.570. The molecule has 1 N–H and O–H groups in total. The predicted octanol–water partition coefficient (Wildman–Crippen LogP) is 1.51. The highest BCUT2D eigenvalue weighted by atomic mass is 16.3. The zero-order chi connectivity index (χ0) is 11.4. The molecule has 3 heteroatoms. The average Bonchev–Trinajstić information content (AvgIpc) is 2.11. The van der Waals surface area contributed by atoms with Crippen molar-refractivity contribution in [1.29, 1.82) is 0 Å². The SMILES string of the molecule is CC(C)C(CO)C(=O)N(C)CC1CCC1. The third-order valence-electron chi connectivity index (χ3n) is 3.45. The zero-order valence-corrected chi connectivity index (χ0v) is 10.1. The fourth-order valence-electron chi connectivity index (χ4n) is 2.01. The van der Waals surface area contributed by atoms with Crippen molar-refractivity contribution in [2.24, 2.45) is 17.8 Å². The first-order valence-corrected chi connectivity index (χ1v) is 5.92. The second-order valence-corrected chi connectivity index (χ2v) is 5.05. The molecule has 0 aromatic rings. The number of carbonyl (C=O) groups is 1. The number of aliphatic hydroxyl groups excluding tert-OH is 1. The fraction of sp³-hybridized carbons (Fsp3) is 0.917. The van der Waals surface area contributed by atoms with Gasteiger partial charge in [0.1, 0.15) is 0 Å². The molecule has 0 spiro atoms. The van der Waals surface area contributed by atoms with E-state index in [0.717, 1.165) is 6.54 Å². The molecule has 0 aromatic carbocycles. The van der Waals surface area contributed by atoms with Crippen molar-refractivity contribution in [3.05, 3.63) is 0 Å². The minimum absolute atomic E-state index is 0.0362. The first-order chi connectivity index (χ1) is 7.06. The summed E-state index contributed by atoms with van der Waals surface area (Å²) in [6.07, 6.45) is 3.81. The number of rotatable bonds is 5. The summed E-state index contributed by atoms with van der Waals surface area (Å²) in [7, 11) is 1.85. The molecular formula is C12H23NO2. The summed E-state index contributed by atoms with van der Waals surface area (Å²) in [5.41, 5.74) is 0. The molecule has 1 saturated carbocycles. The molecule has 1 aliphatic rings. The normalized spacial score (nSPS) is 18.7. The lowest BCUT2D eigenvalue weighted by atomic mass is 9.85. The second-order valence-electron chi connectivity index (χ2n) is 5.05. The summed E-state index contributed by atoms with van der Waals surface area (Å²) >= 11 is 0. The van der Waals surface area contributed by atoms with Crippen LogP contribution in [0, 0.1) is 17.8 Å². The van der Waals surface area contributed by atoms with Gasteiger partial charge in [-0.05, 0) is 24.7 Å². The number of hydrogen-bond donors (Lipinski definition) is 1. The van der Waals surface area contributed by atoms with E-state index in [0.29, 0.717) is 5.92 Å². The van der Waals surface area contributed by atoms with Gasteiger partial charge in [0.2, 0.25) is 5.91 Å². The van der Waals surface area contributed by atoms with E-state index in [4.69, 9.17) is 0 Å². The molecule has 1 fully saturated rings. The van der Waals surface area contributed by atoms with Crippen LogP contribution in [-0.4, -0.2) is 36.1 Å². The van der Waals surface area contributed by atoms with Crippen LogP contribution < -0.4 is 0 Å². The number of amides is 1. The van der Waals surface area contributed by atoms with Crippen molar-refractivity contribution in [1.82, 2.24) is 4.90 Å². The molecule has 1 unspecified atom stereocenters. The maximum absolute atomic E-state index is 12.0. The van der Waals surface area contributed by atoms with Crippen LogP contribution in [0.15, 0.2) is 0 Å². The van der Waals surface area contributed by atoms with Crippen molar-refractivity contribution < 1.29 is 9.90 Å². The van der Waals surface area contributed by atoms with E-state index in [2.05, 4.69) is 0 Å². The Kier molecular flexibility index (Phi) is 4.58. The highest BCUT2D eigenvalue weighted by Gasteiger charge is 2.27. The van der Waals surface area contributed by atoms with Crippen LogP contribution in [0.3, 0.4) is 0 Å². The molecule has 15 heavy (non-hydrogen) atoms. The monoisotopic (exact) mass is 213 g/mol. The van der Waals surface area contributed by atoms with Crippen molar-refractivity contribution in [2.75, 3.05) is 20.2 Å². The van der Waals surface area contributed by atoms with Gasteiger partial charge in [0, 0.05) is 13.6 Å². The zero-order valence-electron chi connectivity index (χ0n) is 10.1. The van der Waals surface area contributed by atoms with E-state index in [1.54, 1.807) is 4.90 Å². The minimum Gasteiger partial charge on any atom is -0.396 e. The smallest absolute Gasteiger partial charge is 0.228 e. The van der Waals surface area contributed by atoms with E-state index in [1.807, 2.05) is 20.9 Å². The second kappa shape index (κ2) is 5.50. The van der Waals surface area contributed by atoms with Crippen LogP contribution in [0.2, 0.25) is 0 Å². The maximum atomic E-state index is 12.0. The van der Waals surface area contributed by atoms with Gasteiger partial charge < -0.3 is 10.0 Å². The summed E-state index contributed by atoms with van der Waals surface area (Å²) in [5.74, 6) is 0.784. The molecule has 1 atom stereocenters. The topological polar surface area (TPSA) is 40.5 Å². The molecule has 1 aliphatic carbocycles. The summed E-state index contributed by atoms with van der Waals surface area (Å²) in [5, 5.41) is 9.17. The van der Waals surface area contributed by atoms with Crippen LogP contribution in [-0.2, 0) is 4.79 Å². The lowest BCUT2D eigenvalue weighted by molar-refractivity contribution is -0.138. The van der Waals surface area contributed by atoms with E-state index in [-0.39, 0.29) is 24.3 Å². The quantitative estimate of drug-likeness (QED) is 0.752. The van der Waals surface area contributed by atoms with E-state index in [1.165, 1.54) is 19.3 Å². The molecule has 88 valence electrons. The Morgan fingerprint density at radius 1 is 1.47 bits per heavy atom. The molecule has 0 saturated heterocycles. The number of nitrogens with zero attached hydrogens (tertiary/aromatic N) is 1. The van der Waals surface area contributed by atoms with Gasteiger partial charge in [-0.2, -0.15) is 0 Å². The van der Waals surface area contributed by atoms with Crippen LogP contribution in [0.1, 0.15) is 33.1 Å². The van der Waals surface area contributed by atoms with Gasteiger partial charge in [-0.1, -0.05) is 20.3 Å². The van der Waals surface area contributed by atoms with Gasteiger partial charge >= 0.3 is 0 Å². The highest BCUT2D eigenvalue weighted by Crippen LogP contribution is 2.27. The lowest BCUT2D eigenvalue weighted by Gasteiger charge is -2.32. The average molecular weight is 213 g/mol. The highest BCUT2D eigenvalue weighted by molar-refractivity contribution is 5.78. The van der Waals surface area contributed by atoms with E-state index in [9.17, 15) is 9.90 Å². The summed E-state index contributed by atoms with van der Waals surface area (Å²) in [6.45, 7) is 4.79. The number of hydrogen-bond acceptors (Lipinski definition) is 2. The van der Waals surface area contributed by atoms with Gasteiger partial charge in [-0.3, -0.25) is 4.79 Å². The Morgan fingerprint density at radius 2 is 2.07 bits per heavy atom. The first-order valence-electron chi connectivity index (χ1n) is 5.92. The lowest BCUT2D eigenvalue weighted by Crippen LogP contribution is -2.40. The molecule has 0 radical (unpaired) electrons. The minimum atomic E-state index is -0.227. The Bertz CT molecular complexity index is 212. The third-order valence-corrected chi connectivity index (χ3v) is 3.45. The Balaban J connectivity index is 2.41. The molecule has 1 amide bonds. The molecule has 0 aliphatic heterocycles. The van der Waals surface area contributed by atoms with Crippen molar-refractivity contribution >= 4 is 5.91 Å². The van der Waals surface area contributed by atoms with Crippen LogP contribution in [0.25, 0.3) is 0 Å². The molecule has 0 heterocycles. The van der Waals surface area contributed by atoms with Crippen molar-refractivity contribution in [3.63, 3.8) is 0 Å². The maximum Gasteiger partial charge on any atom is 0.228 e. The number of carbonyl (C=O) groups excluding carboxylic acids is 1. The predicted molar refractivity (Wildman–Crippen MR) is 60.4 cm³/mol. The van der Waals surface area contributed by atoms with Gasteiger partial charge in [0.15, 0.2) is 0 Å².